The van der Waals surface area contributed by atoms with Crippen LogP contribution in [-0.2, 0) is 4.79 Å². The smallest absolute Gasteiger partial charge is 0.323 e. The highest BCUT2D eigenvalue weighted by Gasteiger charge is 2.36. The quantitative estimate of drug-likeness (QED) is 0.876. The van der Waals surface area contributed by atoms with Gasteiger partial charge in [-0.3, -0.25) is 9.69 Å². The van der Waals surface area contributed by atoms with Crippen LogP contribution >= 0.6 is 0 Å². The Hall–Kier alpha value is -1.42. The van der Waals surface area contributed by atoms with Gasteiger partial charge in [-0.05, 0) is 45.0 Å². The molecule has 0 saturated carbocycles. The first-order valence-electron chi connectivity index (χ1n) is 6.06. The number of benzene rings is 1. The predicted octanol–water partition coefficient (Wildman–Crippen LogP) is 3.07. The summed E-state index contributed by atoms with van der Waals surface area (Å²) in [6.45, 7) is 7.82. The Morgan fingerprint density at radius 2 is 1.89 bits per heavy atom. The maximum atomic E-state index is 12.9. The molecule has 18 heavy (non-hydrogen) atoms. The van der Waals surface area contributed by atoms with Crippen LogP contribution in [0.1, 0.15) is 39.3 Å². The minimum Gasteiger partial charge on any atom is -0.480 e. The van der Waals surface area contributed by atoms with E-state index < -0.39 is 11.5 Å². The normalized spacial score (nSPS) is 13.7. The molecule has 0 amide bonds. The second-order valence-electron chi connectivity index (χ2n) is 4.88. The van der Waals surface area contributed by atoms with Crippen LogP contribution in [0, 0.1) is 5.82 Å². The van der Waals surface area contributed by atoms with Crippen LogP contribution in [0.3, 0.4) is 0 Å². The molecule has 1 N–H and O–H groups in total. The summed E-state index contributed by atoms with van der Waals surface area (Å²) in [5.41, 5.74) is -0.0460. The number of nitrogens with zero attached hydrogens (tertiary/aromatic N) is 1. The van der Waals surface area contributed by atoms with Crippen molar-refractivity contribution in [1.82, 2.24) is 4.90 Å². The molecule has 0 aromatic heterocycles. The van der Waals surface area contributed by atoms with Gasteiger partial charge in [0, 0.05) is 6.04 Å². The molecule has 4 heteroatoms. The summed E-state index contributed by atoms with van der Waals surface area (Å²) in [6, 6.07) is 6.10. The minimum absolute atomic E-state index is 0.0818. The number of likely N-dealkylation sites (N-methyl/N-ethyl adjacent to an activating group) is 1. The van der Waals surface area contributed by atoms with E-state index in [-0.39, 0.29) is 11.9 Å². The second-order valence-corrected chi connectivity index (χ2v) is 4.88. The zero-order chi connectivity index (χ0) is 13.9. The molecule has 0 aliphatic heterocycles. The van der Waals surface area contributed by atoms with Crippen molar-refractivity contribution in [2.24, 2.45) is 0 Å². The third-order valence-corrected chi connectivity index (χ3v) is 3.40. The van der Waals surface area contributed by atoms with Crippen molar-refractivity contribution in [1.29, 1.82) is 0 Å². The van der Waals surface area contributed by atoms with E-state index in [0.29, 0.717) is 6.54 Å². The summed E-state index contributed by atoms with van der Waals surface area (Å²) in [5, 5.41) is 9.28. The lowest BCUT2D eigenvalue weighted by molar-refractivity contribution is -0.150. The van der Waals surface area contributed by atoms with E-state index in [1.807, 2.05) is 18.7 Å². The summed E-state index contributed by atoms with van der Waals surface area (Å²) in [6.07, 6.45) is 0. The van der Waals surface area contributed by atoms with Crippen molar-refractivity contribution in [3.63, 3.8) is 0 Å². The monoisotopic (exact) mass is 253 g/mol. The third-order valence-electron chi connectivity index (χ3n) is 3.40. The molecular formula is C14H20FNO2. The first kappa shape index (κ1) is 14.6. The van der Waals surface area contributed by atoms with Crippen LogP contribution in [0.2, 0.25) is 0 Å². The molecule has 0 fully saturated rings. The second kappa shape index (κ2) is 5.48. The highest BCUT2D eigenvalue weighted by Crippen LogP contribution is 2.28. The summed E-state index contributed by atoms with van der Waals surface area (Å²) in [7, 11) is 0. The summed E-state index contributed by atoms with van der Waals surface area (Å²) in [4.78, 5) is 13.2. The molecule has 0 radical (unpaired) electrons. The van der Waals surface area contributed by atoms with E-state index in [4.69, 9.17) is 0 Å². The average molecular weight is 253 g/mol. The lowest BCUT2D eigenvalue weighted by atomic mass is 9.97. The van der Waals surface area contributed by atoms with Crippen molar-refractivity contribution < 1.29 is 14.3 Å². The van der Waals surface area contributed by atoms with E-state index >= 15 is 0 Å². The topological polar surface area (TPSA) is 40.5 Å². The van der Waals surface area contributed by atoms with Crippen molar-refractivity contribution in [3.05, 3.63) is 35.6 Å². The van der Waals surface area contributed by atoms with Crippen LogP contribution < -0.4 is 0 Å². The molecule has 100 valence electrons. The van der Waals surface area contributed by atoms with Gasteiger partial charge in [-0.2, -0.15) is 0 Å². The van der Waals surface area contributed by atoms with Crippen molar-refractivity contribution in [2.45, 2.75) is 39.3 Å². The molecule has 0 aliphatic carbocycles. The van der Waals surface area contributed by atoms with Crippen LogP contribution in [0.5, 0.6) is 0 Å². The number of carboxylic acids is 1. The van der Waals surface area contributed by atoms with Gasteiger partial charge in [-0.25, -0.2) is 4.39 Å². The van der Waals surface area contributed by atoms with Crippen LogP contribution in [0.25, 0.3) is 0 Å². The number of hydrogen-bond donors (Lipinski definition) is 1. The fourth-order valence-electron chi connectivity index (χ4n) is 2.20. The number of aliphatic carboxylic acids is 1. The van der Waals surface area contributed by atoms with Gasteiger partial charge in [-0.1, -0.05) is 19.1 Å². The van der Waals surface area contributed by atoms with Gasteiger partial charge in [0.2, 0.25) is 0 Å². The van der Waals surface area contributed by atoms with Gasteiger partial charge in [-0.15, -0.1) is 0 Å². The first-order chi connectivity index (χ1) is 8.30. The van der Waals surface area contributed by atoms with Crippen LogP contribution in [-0.4, -0.2) is 28.1 Å². The molecule has 0 spiro atoms. The molecule has 1 rings (SSSR count). The molecule has 1 atom stereocenters. The summed E-state index contributed by atoms with van der Waals surface area (Å²) >= 11 is 0. The number of carbonyl (C=O) groups is 1. The summed E-state index contributed by atoms with van der Waals surface area (Å²) in [5.74, 6) is -1.15. The number of halogens is 1. The highest BCUT2D eigenvalue weighted by atomic mass is 19.1. The third kappa shape index (κ3) is 2.88. The predicted molar refractivity (Wildman–Crippen MR) is 68.9 cm³/mol. The lowest BCUT2D eigenvalue weighted by Crippen LogP contribution is -2.50. The Kier molecular flexibility index (Phi) is 4.46. The first-order valence-corrected chi connectivity index (χ1v) is 6.06. The lowest BCUT2D eigenvalue weighted by Gasteiger charge is -2.39. The fourth-order valence-corrected chi connectivity index (χ4v) is 2.20. The van der Waals surface area contributed by atoms with Crippen LogP contribution in [0.15, 0.2) is 24.3 Å². The van der Waals surface area contributed by atoms with Gasteiger partial charge in [0.1, 0.15) is 11.4 Å². The molecular weight excluding hydrogens is 233 g/mol. The SMILES string of the molecule is CCN(C(C)c1ccc(F)cc1)C(C)(C)C(=O)O. The van der Waals surface area contributed by atoms with Gasteiger partial charge in [0.15, 0.2) is 0 Å². The number of rotatable bonds is 5. The molecule has 1 unspecified atom stereocenters. The Morgan fingerprint density at radius 1 is 1.39 bits per heavy atom. The number of carboxylic acid groups (broad SMARTS) is 1. The van der Waals surface area contributed by atoms with Gasteiger partial charge in [0.25, 0.3) is 0 Å². The molecule has 0 saturated heterocycles. The molecule has 0 bridgehead atoms. The average Bonchev–Trinajstić information content (AvgIpc) is 2.30. The molecule has 3 nitrogen and oxygen atoms in total. The number of hydrogen-bond acceptors (Lipinski definition) is 2. The Balaban J connectivity index is 3.02. The van der Waals surface area contributed by atoms with E-state index in [0.717, 1.165) is 5.56 Å². The highest BCUT2D eigenvalue weighted by molar-refractivity contribution is 5.77. The van der Waals surface area contributed by atoms with Crippen molar-refractivity contribution >= 4 is 5.97 Å². The zero-order valence-corrected chi connectivity index (χ0v) is 11.3. The maximum Gasteiger partial charge on any atom is 0.323 e. The molecule has 1 aromatic carbocycles. The Morgan fingerprint density at radius 3 is 2.28 bits per heavy atom. The summed E-state index contributed by atoms with van der Waals surface area (Å²) < 4.78 is 12.9. The minimum atomic E-state index is -0.956. The van der Waals surface area contributed by atoms with Gasteiger partial charge < -0.3 is 5.11 Å². The van der Waals surface area contributed by atoms with E-state index in [1.165, 1.54) is 12.1 Å². The zero-order valence-electron chi connectivity index (χ0n) is 11.3. The van der Waals surface area contributed by atoms with Crippen molar-refractivity contribution in [2.75, 3.05) is 6.54 Å². The molecule has 0 heterocycles. The molecule has 0 aliphatic rings. The fraction of sp³-hybridized carbons (Fsp3) is 0.500. The largest absolute Gasteiger partial charge is 0.480 e. The Bertz CT molecular complexity index is 414. The van der Waals surface area contributed by atoms with E-state index in [9.17, 15) is 14.3 Å². The van der Waals surface area contributed by atoms with E-state index in [2.05, 4.69) is 0 Å². The van der Waals surface area contributed by atoms with Crippen LogP contribution in [0.4, 0.5) is 4.39 Å². The van der Waals surface area contributed by atoms with Gasteiger partial charge >= 0.3 is 5.97 Å². The van der Waals surface area contributed by atoms with E-state index in [1.54, 1.807) is 26.0 Å². The van der Waals surface area contributed by atoms with Crippen molar-refractivity contribution in [3.8, 4) is 0 Å². The van der Waals surface area contributed by atoms with Gasteiger partial charge in [0.05, 0.1) is 0 Å². The maximum absolute atomic E-state index is 12.9. The standard InChI is InChI=1S/C14H20FNO2/c1-5-16(14(3,4)13(17)18)10(2)11-6-8-12(15)9-7-11/h6-10H,5H2,1-4H3,(H,17,18). The Labute approximate surface area is 107 Å². The molecule has 1 aromatic rings.